The van der Waals surface area contributed by atoms with E-state index < -0.39 is 0 Å². The minimum Gasteiger partial charge on any atom is -0.289 e. The van der Waals surface area contributed by atoms with Crippen molar-refractivity contribution in [3.8, 4) is 0 Å². The second-order valence-electron chi connectivity index (χ2n) is 3.35. The molecule has 0 aliphatic carbocycles. The Labute approximate surface area is 113 Å². The predicted octanol–water partition coefficient (Wildman–Crippen LogP) is 4.95. The molecule has 0 spiro atoms. The molecule has 0 bridgehead atoms. The first-order chi connectivity index (χ1) is 8.15. The fourth-order valence-corrected chi connectivity index (χ4v) is 2.38. The normalized spacial score (nSPS) is 10.9. The maximum Gasteiger partial charge on any atom is 0.185 e. The van der Waals surface area contributed by atoms with Crippen molar-refractivity contribution in [1.82, 2.24) is 0 Å². The lowest BCUT2D eigenvalue weighted by Crippen LogP contribution is -1.92. The van der Waals surface area contributed by atoms with Crippen molar-refractivity contribution in [3.05, 3.63) is 62.3 Å². The van der Waals surface area contributed by atoms with Gasteiger partial charge in [0.25, 0.3) is 0 Å². The van der Waals surface area contributed by atoms with E-state index in [4.69, 9.17) is 23.2 Å². The molecule has 2 aromatic rings. The molecule has 2 rings (SSSR count). The van der Waals surface area contributed by atoms with Gasteiger partial charge in [-0.3, -0.25) is 4.79 Å². The van der Waals surface area contributed by atoms with Crippen molar-refractivity contribution < 1.29 is 4.79 Å². The van der Waals surface area contributed by atoms with Crippen molar-refractivity contribution >= 4 is 46.4 Å². The highest BCUT2D eigenvalue weighted by molar-refractivity contribution is 7.17. The smallest absolute Gasteiger partial charge is 0.185 e. The van der Waals surface area contributed by atoms with Crippen LogP contribution in [0.2, 0.25) is 9.36 Å². The minimum atomic E-state index is -0.0498. The van der Waals surface area contributed by atoms with Crippen LogP contribution in [-0.4, -0.2) is 5.78 Å². The number of carbonyl (C=O) groups excluding carboxylic acids is 1. The van der Waals surface area contributed by atoms with Crippen molar-refractivity contribution in [2.75, 3.05) is 0 Å². The van der Waals surface area contributed by atoms with Gasteiger partial charge in [0.1, 0.15) is 0 Å². The van der Waals surface area contributed by atoms with E-state index in [9.17, 15) is 4.79 Å². The molecule has 0 aliphatic heterocycles. The van der Waals surface area contributed by atoms with Gasteiger partial charge in [-0.05, 0) is 48.6 Å². The molecule has 86 valence electrons. The van der Waals surface area contributed by atoms with Gasteiger partial charge >= 0.3 is 0 Å². The first-order valence-electron chi connectivity index (χ1n) is 4.88. The van der Waals surface area contributed by atoms with Gasteiger partial charge < -0.3 is 0 Å². The first-order valence-corrected chi connectivity index (χ1v) is 6.46. The second-order valence-corrected chi connectivity index (χ2v) is 5.53. The summed E-state index contributed by atoms with van der Waals surface area (Å²) in [5.41, 5.74) is 0.619. The third-order valence-corrected chi connectivity index (χ3v) is 3.57. The molecule has 0 fully saturated rings. The van der Waals surface area contributed by atoms with Crippen LogP contribution >= 0.6 is 34.5 Å². The molecule has 0 saturated heterocycles. The number of allylic oxidation sites excluding steroid dienone is 1. The molecule has 0 aliphatic rings. The Hall–Kier alpha value is -1.09. The average molecular weight is 283 g/mol. The quantitative estimate of drug-likeness (QED) is 0.575. The van der Waals surface area contributed by atoms with Gasteiger partial charge in [-0.2, -0.15) is 0 Å². The summed E-state index contributed by atoms with van der Waals surface area (Å²) in [6.45, 7) is 0. The molecule has 0 amide bonds. The lowest BCUT2D eigenvalue weighted by atomic mass is 10.1. The Morgan fingerprint density at radius 3 is 2.35 bits per heavy atom. The number of thiophene rings is 1. The van der Waals surface area contributed by atoms with Crippen molar-refractivity contribution in [3.63, 3.8) is 0 Å². The Morgan fingerprint density at radius 1 is 1.06 bits per heavy atom. The highest BCUT2D eigenvalue weighted by atomic mass is 35.5. The average Bonchev–Trinajstić information content (AvgIpc) is 2.73. The van der Waals surface area contributed by atoms with E-state index in [2.05, 4.69) is 0 Å². The SMILES string of the molecule is O=C(/C=C\c1ccc(Cl)s1)c1ccc(Cl)cc1. The molecule has 0 atom stereocenters. The van der Waals surface area contributed by atoms with Crippen LogP contribution in [0.1, 0.15) is 15.2 Å². The van der Waals surface area contributed by atoms with E-state index in [0.29, 0.717) is 14.9 Å². The van der Waals surface area contributed by atoms with Crippen LogP contribution in [0.15, 0.2) is 42.5 Å². The van der Waals surface area contributed by atoms with Crippen molar-refractivity contribution in [1.29, 1.82) is 0 Å². The molecule has 0 unspecified atom stereocenters. The van der Waals surface area contributed by atoms with Crippen LogP contribution in [0.3, 0.4) is 0 Å². The molecular weight excluding hydrogens is 275 g/mol. The van der Waals surface area contributed by atoms with E-state index in [0.717, 1.165) is 4.88 Å². The summed E-state index contributed by atoms with van der Waals surface area (Å²) < 4.78 is 0.712. The number of hydrogen-bond donors (Lipinski definition) is 0. The van der Waals surface area contributed by atoms with E-state index in [1.807, 2.05) is 6.07 Å². The monoisotopic (exact) mass is 282 g/mol. The summed E-state index contributed by atoms with van der Waals surface area (Å²) >= 11 is 13.0. The molecule has 1 aromatic carbocycles. The Bertz CT molecular complexity index is 555. The molecular formula is C13H8Cl2OS. The summed E-state index contributed by atoms with van der Waals surface area (Å²) in [6, 6.07) is 10.5. The topological polar surface area (TPSA) is 17.1 Å². The highest BCUT2D eigenvalue weighted by Gasteiger charge is 2.01. The first kappa shape index (κ1) is 12.4. The summed E-state index contributed by atoms with van der Waals surface area (Å²) in [5, 5.41) is 0.621. The lowest BCUT2D eigenvalue weighted by molar-refractivity contribution is 0.104. The summed E-state index contributed by atoms with van der Waals surface area (Å²) in [6.07, 6.45) is 3.29. The van der Waals surface area contributed by atoms with Crippen molar-refractivity contribution in [2.24, 2.45) is 0 Å². The number of rotatable bonds is 3. The predicted molar refractivity (Wildman–Crippen MR) is 74.1 cm³/mol. The van der Waals surface area contributed by atoms with E-state index in [-0.39, 0.29) is 5.78 Å². The molecule has 4 heteroatoms. The van der Waals surface area contributed by atoms with Crippen LogP contribution in [0, 0.1) is 0 Å². The van der Waals surface area contributed by atoms with Crippen LogP contribution in [0.4, 0.5) is 0 Å². The fourth-order valence-electron chi connectivity index (χ4n) is 1.29. The van der Waals surface area contributed by atoms with Crippen LogP contribution in [-0.2, 0) is 0 Å². The van der Waals surface area contributed by atoms with Gasteiger partial charge in [0, 0.05) is 15.5 Å². The number of carbonyl (C=O) groups is 1. The van der Waals surface area contributed by atoms with Gasteiger partial charge in [-0.15, -0.1) is 11.3 Å². The maximum absolute atomic E-state index is 11.8. The molecule has 1 heterocycles. The number of benzene rings is 1. The molecule has 0 saturated carbocycles. The lowest BCUT2D eigenvalue weighted by Gasteiger charge is -1.95. The van der Waals surface area contributed by atoms with E-state index in [1.165, 1.54) is 17.4 Å². The molecule has 0 N–H and O–H groups in total. The minimum absolute atomic E-state index is 0.0498. The summed E-state index contributed by atoms with van der Waals surface area (Å²) in [4.78, 5) is 12.7. The number of hydrogen-bond acceptors (Lipinski definition) is 2. The van der Waals surface area contributed by atoms with Crippen LogP contribution in [0.25, 0.3) is 6.08 Å². The summed E-state index contributed by atoms with van der Waals surface area (Å²) in [5.74, 6) is -0.0498. The molecule has 0 radical (unpaired) electrons. The van der Waals surface area contributed by atoms with Gasteiger partial charge in [0.05, 0.1) is 4.34 Å². The standard InChI is InChI=1S/C13H8Cl2OS/c14-10-3-1-9(2-4-10)12(16)7-5-11-6-8-13(15)17-11/h1-8H/b7-5-. The van der Waals surface area contributed by atoms with Crippen molar-refractivity contribution in [2.45, 2.75) is 0 Å². The van der Waals surface area contributed by atoms with Gasteiger partial charge in [0.15, 0.2) is 5.78 Å². The van der Waals surface area contributed by atoms with E-state index >= 15 is 0 Å². The second kappa shape index (κ2) is 5.50. The third-order valence-electron chi connectivity index (χ3n) is 2.12. The number of halogens is 2. The molecule has 17 heavy (non-hydrogen) atoms. The van der Waals surface area contributed by atoms with E-state index in [1.54, 1.807) is 36.4 Å². The zero-order valence-corrected chi connectivity index (χ0v) is 11.0. The largest absolute Gasteiger partial charge is 0.289 e. The van der Waals surface area contributed by atoms with Gasteiger partial charge in [0.2, 0.25) is 0 Å². The van der Waals surface area contributed by atoms with Gasteiger partial charge in [-0.1, -0.05) is 23.2 Å². The summed E-state index contributed by atoms with van der Waals surface area (Å²) in [7, 11) is 0. The van der Waals surface area contributed by atoms with Gasteiger partial charge in [-0.25, -0.2) is 0 Å². The Kier molecular flexibility index (Phi) is 4.00. The third kappa shape index (κ3) is 3.43. The Balaban J connectivity index is 2.11. The molecule has 1 nitrogen and oxygen atoms in total. The fraction of sp³-hybridized carbons (Fsp3) is 0. The maximum atomic E-state index is 11.8. The molecule has 1 aromatic heterocycles. The highest BCUT2D eigenvalue weighted by Crippen LogP contribution is 2.22. The zero-order chi connectivity index (χ0) is 12.3. The van der Waals surface area contributed by atoms with Crippen LogP contribution < -0.4 is 0 Å². The van der Waals surface area contributed by atoms with Crippen LogP contribution in [0.5, 0.6) is 0 Å². The Morgan fingerprint density at radius 2 is 1.76 bits per heavy atom. The zero-order valence-electron chi connectivity index (χ0n) is 8.69. The number of ketones is 1.